The molecule has 1 fully saturated rings. The van der Waals surface area contributed by atoms with Crippen molar-refractivity contribution >= 4 is 23.1 Å². The molecule has 0 saturated heterocycles. The highest BCUT2D eigenvalue weighted by Crippen LogP contribution is 2.30. The van der Waals surface area contributed by atoms with Gasteiger partial charge < -0.3 is 21.7 Å². The van der Waals surface area contributed by atoms with Crippen LogP contribution in [0.5, 0.6) is 0 Å². The highest BCUT2D eigenvalue weighted by Gasteiger charge is 2.27. The van der Waals surface area contributed by atoms with Gasteiger partial charge in [0.1, 0.15) is 5.82 Å². The highest BCUT2D eigenvalue weighted by molar-refractivity contribution is 6.04. The van der Waals surface area contributed by atoms with Gasteiger partial charge in [0.05, 0.1) is 23.5 Å². The topological polar surface area (TPSA) is 92.1 Å². The van der Waals surface area contributed by atoms with Crippen LogP contribution in [0.1, 0.15) is 47.3 Å². The molecule has 1 aliphatic carbocycles. The highest BCUT2D eigenvalue weighted by atomic mass is 16.1. The first kappa shape index (κ1) is 16.8. The first-order valence-corrected chi connectivity index (χ1v) is 9.28. The molecule has 5 N–H and O–H groups in total. The Labute approximate surface area is 153 Å². The molecule has 6 nitrogen and oxygen atoms in total. The number of nitrogens with one attached hydrogen (secondary N) is 3. The number of hydrogen-bond donors (Lipinski definition) is 4. The Kier molecular flexibility index (Phi) is 4.51. The van der Waals surface area contributed by atoms with Gasteiger partial charge in [-0.3, -0.25) is 4.79 Å². The molecule has 2 heterocycles. The van der Waals surface area contributed by atoms with E-state index in [-0.39, 0.29) is 18.0 Å². The van der Waals surface area contributed by atoms with E-state index in [4.69, 9.17) is 5.73 Å². The third-order valence-corrected chi connectivity index (χ3v) is 5.19. The number of nitrogens with zero attached hydrogens (tertiary/aromatic N) is 1. The minimum absolute atomic E-state index is 0.0800. The van der Waals surface area contributed by atoms with Crippen molar-refractivity contribution in [2.75, 3.05) is 10.6 Å². The molecule has 1 aromatic heterocycles. The minimum atomic E-state index is -0.0800. The largest absolute Gasteiger partial charge is 0.366 e. The van der Waals surface area contributed by atoms with E-state index in [1.54, 1.807) is 0 Å². The summed E-state index contributed by atoms with van der Waals surface area (Å²) in [5.41, 5.74) is 10.6. The summed E-state index contributed by atoms with van der Waals surface area (Å²) >= 11 is 0. The number of benzene rings is 1. The summed E-state index contributed by atoms with van der Waals surface area (Å²) in [6.07, 6.45) is 4.47. The molecule has 1 aliphatic heterocycles. The van der Waals surface area contributed by atoms with Gasteiger partial charge in [0, 0.05) is 23.8 Å². The number of aryl methyl sites for hydroxylation is 1. The van der Waals surface area contributed by atoms with E-state index in [2.05, 4.69) is 27.0 Å². The number of amides is 1. The van der Waals surface area contributed by atoms with Crippen molar-refractivity contribution in [2.24, 2.45) is 5.73 Å². The molecule has 136 valence electrons. The molecule has 0 spiro atoms. The van der Waals surface area contributed by atoms with Gasteiger partial charge in [0.2, 0.25) is 0 Å². The monoisotopic (exact) mass is 351 g/mol. The van der Waals surface area contributed by atoms with Gasteiger partial charge >= 0.3 is 0 Å². The van der Waals surface area contributed by atoms with Crippen LogP contribution in [0.3, 0.4) is 0 Å². The Morgan fingerprint density at radius 1 is 1.23 bits per heavy atom. The van der Waals surface area contributed by atoms with Gasteiger partial charge in [0.15, 0.2) is 0 Å². The van der Waals surface area contributed by atoms with Crippen LogP contribution in [0.4, 0.5) is 17.2 Å². The Morgan fingerprint density at radius 3 is 2.88 bits per heavy atom. The van der Waals surface area contributed by atoms with Crippen LogP contribution >= 0.6 is 0 Å². The number of nitrogens with two attached hydrogens (primary N) is 1. The number of pyridine rings is 1. The predicted molar refractivity (Wildman–Crippen MR) is 104 cm³/mol. The molecule has 0 radical (unpaired) electrons. The molecule has 1 amide bonds. The van der Waals surface area contributed by atoms with Crippen LogP contribution in [0.25, 0.3) is 0 Å². The van der Waals surface area contributed by atoms with Gasteiger partial charge in [-0.05, 0) is 37.5 Å². The van der Waals surface area contributed by atoms with Crippen LogP contribution in [-0.2, 0) is 6.54 Å². The van der Waals surface area contributed by atoms with E-state index in [1.807, 2.05) is 31.2 Å². The Bertz CT molecular complexity index is 835. The number of hydrogen-bond acceptors (Lipinski definition) is 5. The molecule has 2 atom stereocenters. The van der Waals surface area contributed by atoms with Crippen molar-refractivity contribution in [3.05, 3.63) is 47.2 Å². The molecule has 1 aromatic carbocycles. The molecule has 1 saturated carbocycles. The third-order valence-electron chi connectivity index (χ3n) is 5.19. The molecular formula is C20H25N5O. The van der Waals surface area contributed by atoms with Crippen LogP contribution in [-0.4, -0.2) is 23.0 Å². The molecule has 4 rings (SSSR count). The third kappa shape index (κ3) is 3.37. The number of anilines is 3. The molecule has 0 bridgehead atoms. The minimum Gasteiger partial charge on any atom is -0.366 e. The second-order valence-corrected chi connectivity index (χ2v) is 7.25. The molecule has 26 heavy (non-hydrogen) atoms. The van der Waals surface area contributed by atoms with E-state index in [1.165, 1.54) is 12.8 Å². The van der Waals surface area contributed by atoms with Crippen molar-refractivity contribution in [1.29, 1.82) is 0 Å². The number of carbonyl (C=O) groups excluding carboxylic acids is 1. The maximum atomic E-state index is 12.3. The fraction of sp³-hybridized carbons (Fsp3) is 0.400. The second-order valence-electron chi connectivity index (χ2n) is 7.25. The number of fused-ring (bicyclic) bond motifs is 1. The first-order valence-electron chi connectivity index (χ1n) is 9.28. The van der Waals surface area contributed by atoms with Gasteiger partial charge in [-0.1, -0.05) is 25.0 Å². The van der Waals surface area contributed by atoms with Crippen LogP contribution in [0, 0.1) is 6.92 Å². The van der Waals surface area contributed by atoms with Crippen molar-refractivity contribution in [3.8, 4) is 0 Å². The first-order chi connectivity index (χ1) is 12.6. The predicted octanol–water partition coefficient (Wildman–Crippen LogP) is 3.06. The zero-order valence-electron chi connectivity index (χ0n) is 15.0. The second kappa shape index (κ2) is 6.96. The van der Waals surface area contributed by atoms with E-state index in [0.717, 1.165) is 41.3 Å². The summed E-state index contributed by atoms with van der Waals surface area (Å²) < 4.78 is 0. The molecule has 6 heteroatoms. The zero-order chi connectivity index (χ0) is 18.1. The average Bonchev–Trinajstić information content (AvgIpc) is 2.98. The lowest BCUT2D eigenvalue weighted by Gasteiger charge is -2.30. The van der Waals surface area contributed by atoms with Gasteiger partial charge in [-0.2, -0.15) is 0 Å². The smallest absolute Gasteiger partial charge is 0.255 e. The molecule has 0 unspecified atom stereocenters. The Morgan fingerprint density at radius 2 is 2.08 bits per heavy atom. The molecule has 2 aromatic rings. The molecular weight excluding hydrogens is 326 g/mol. The van der Waals surface area contributed by atoms with E-state index in [0.29, 0.717) is 12.1 Å². The summed E-state index contributed by atoms with van der Waals surface area (Å²) in [7, 11) is 0. The van der Waals surface area contributed by atoms with E-state index < -0.39 is 0 Å². The number of rotatable bonds is 4. The zero-order valence-corrected chi connectivity index (χ0v) is 15.0. The summed E-state index contributed by atoms with van der Waals surface area (Å²) in [5.74, 6) is 0.696. The van der Waals surface area contributed by atoms with Gasteiger partial charge in [-0.25, -0.2) is 4.98 Å². The van der Waals surface area contributed by atoms with Crippen LogP contribution < -0.4 is 21.7 Å². The lowest BCUT2D eigenvalue weighted by Crippen LogP contribution is -2.42. The molecule has 2 aliphatic rings. The van der Waals surface area contributed by atoms with Crippen LogP contribution in [0.15, 0.2) is 30.3 Å². The summed E-state index contributed by atoms with van der Waals surface area (Å²) in [6.45, 7) is 2.51. The lowest BCUT2D eigenvalue weighted by atomic mass is 9.91. The summed E-state index contributed by atoms with van der Waals surface area (Å²) in [4.78, 5) is 16.9. The Hall–Kier alpha value is -2.60. The van der Waals surface area contributed by atoms with Crippen molar-refractivity contribution in [1.82, 2.24) is 10.3 Å². The standard InChI is InChI=1S/C20H25N5O/c1-12-5-4-6-13(9-12)23-16-10-18(24-15-8-3-2-7-14(15)21)25-17-11-22-20(26)19(16)17/h4-6,9-10,14-15H,2-3,7-8,11,21H2,1H3,(H,22,26)(H2,23,24,25)/t14-,15+/m0/s1. The summed E-state index contributed by atoms with van der Waals surface area (Å²) in [5, 5.41) is 9.76. The summed E-state index contributed by atoms with van der Waals surface area (Å²) in [6, 6.07) is 10.4. The lowest BCUT2D eigenvalue weighted by molar-refractivity contribution is 0.0966. The normalized spacial score (nSPS) is 21.8. The fourth-order valence-electron chi connectivity index (χ4n) is 3.81. The van der Waals surface area contributed by atoms with E-state index >= 15 is 0 Å². The van der Waals surface area contributed by atoms with E-state index in [9.17, 15) is 4.79 Å². The average molecular weight is 351 g/mol. The van der Waals surface area contributed by atoms with Crippen LogP contribution in [0.2, 0.25) is 0 Å². The number of aromatic nitrogens is 1. The van der Waals surface area contributed by atoms with Gasteiger partial charge in [-0.15, -0.1) is 0 Å². The van der Waals surface area contributed by atoms with Crippen molar-refractivity contribution in [3.63, 3.8) is 0 Å². The van der Waals surface area contributed by atoms with Gasteiger partial charge in [0.25, 0.3) is 5.91 Å². The maximum absolute atomic E-state index is 12.3. The van der Waals surface area contributed by atoms with Crippen molar-refractivity contribution in [2.45, 2.75) is 51.2 Å². The number of carbonyl (C=O) groups is 1. The Balaban J connectivity index is 1.65. The SMILES string of the molecule is Cc1cccc(Nc2cc(N[C@@H]3CCCC[C@@H]3N)nc3c2C(=O)NC3)c1. The van der Waals surface area contributed by atoms with Crippen molar-refractivity contribution < 1.29 is 4.79 Å². The fourth-order valence-corrected chi connectivity index (χ4v) is 3.81. The maximum Gasteiger partial charge on any atom is 0.255 e. The quantitative estimate of drug-likeness (QED) is 0.679.